The normalized spacial score (nSPS) is 10.6. The minimum Gasteiger partial charge on any atom is -0.466 e. The fraction of sp³-hybridized carbons (Fsp3) is 0.556. The first-order chi connectivity index (χ1) is 12.3. The molecule has 0 unspecified atom stereocenters. The summed E-state index contributed by atoms with van der Waals surface area (Å²) in [4.78, 5) is 38.5. The van der Waals surface area contributed by atoms with Crippen molar-refractivity contribution in [3.63, 3.8) is 0 Å². The Morgan fingerprint density at radius 1 is 1.15 bits per heavy atom. The lowest BCUT2D eigenvalue weighted by Gasteiger charge is -2.23. The van der Waals surface area contributed by atoms with Gasteiger partial charge in [-0.3, -0.25) is 19.7 Å². The fourth-order valence-electron chi connectivity index (χ4n) is 2.51. The van der Waals surface area contributed by atoms with Gasteiger partial charge in [-0.1, -0.05) is 18.2 Å². The molecule has 8 nitrogen and oxygen atoms in total. The number of ether oxygens (including phenoxy) is 1. The summed E-state index contributed by atoms with van der Waals surface area (Å²) >= 11 is 0. The van der Waals surface area contributed by atoms with Crippen LogP contribution in [0, 0.1) is 10.1 Å². The first kappa shape index (κ1) is 21.6. The quantitative estimate of drug-likeness (QED) is 0.338. The number of nitrogens with zero attached hydrogens (tertiary/aromatic N) is 3. The smallest absolute Gasteiger partial charge is 0.307 e. The van der Waals surface area contributed by atoms with E-state index in [4.69, 9.17) is 4.74 Å². The Balaban J connectivity index is 2.78. The number of nitro groups is 1. The molecule has 0 aliphatic rings. The van der Waals surface area contributed by atoms with Crippen LogP contribution < -0.4 is 0 Å². The first-order valence-electron chi connectivity index (χ1n) is 8.65. The molecule has 0 aromatic heterocycles. The molecule has 0 saturated carbocycles. The summed E-state index contributed by atoms with van der Waals surface area (Å²) in [6.45, 7) is 3.55. The molecule has 1 rings (SSSR count). The van der Waals surface area contributed by atoms with E-state index in [1.807, 2.05) is 19.0 Å². The van der Waals surface area contributed by atoms with Crippen LogP contribution in [-0.2, 0) is 20.7 Å². The number of amides is 1. The highest BCUT2D eigenvalue weighted by atomic mass is 16.6. The Kier molecular flexibility index (Phi) is 9.29. The summed E-state index contributed by atoms with van der Waals surface area (Å²) in [5, 5.41) is 11.1. The van der Waals surface area contributed by atoms with Crippen LogP contribution in [-0.4, -0.2) is 66.9 Å². The summed E-state index contributed by atoms with van der Waals surface area (Å²) in [5.74, 6) is -0.592. The van der Waals surface area contributed by atoms with Crippen molar-refractivity contribution in [3.05, 3.63) is 39.9 Å². The molecule has 0 N–H and O–H groups in total. The second kappa shape index (κ2) is 11.2. The largest absolute Gasteiger partial charge is 0.466 e. The van der Waals surface area contributed by atoms with Crippen LogP contribution in [0.4, 0.5) is 5.69 Å². The molecule has 0 aliphatic carbocycles. The van der Waals surface area contributed by atoms with Gasteiger partial charge in [0.05, 0.1) is 24.4 Å². The monoisotopic (exact) mass is 365 g/mol. The third kappa shape index (κ3) is 7.60. The molecule has 0 fully saturated rings. The lowest BCUT2D eigenvalue weighted by atomic mass is 10.1. The van der Waals surface area contributed by atoms with Crippen molar-refractivity contribution in [3.8, 4) is 0 Å². The van der Waals surface area contributed by atoms with Crippen molar-refractivity contribution in [1.82, 2.24) is 9.80 Å². The van der Waals surface area contributed by atoms with Crippen LogP contribution in [0.25, 0.3) is 0 Å². The number of carbonyl (C=O) groups is 2. The molecule has 1 aromatic rings. The maximum atomic E-state index is 12.7. The number of para-hydroxylation sites is 1. The highest BCUT2D eigenvalue weighted by Gasteiger charge is 2.20. The van der Waals surface area contributed by atoms with Gasteiger partial charge in [-0.05, 0) is 34.0 Å². The zero-order valence-electron chi connectivity index (χ0n) is 15.6. The van der Waals surface area contributed by atoms with Crippen LogP contribution in [0.15, 0.2) is 24.3 Å². The summed E-state index contributed by atoms with van der Waals surface area (Å²) in [6.07, 6.45) is 0.790. The van der Waals surface area contributed by atoms with Crippen molar-refractivity contribution >= 4 is 17.6 Å². The van der Waals surface area contributed by atoms with Gasteiger partial charge in [0.15, 0.2) is 0 Å². The third-order valence-corrected chi connectivity index (χ3v) is 3.81. The van der Waals surface area contributed by atoms with Crippen LogP contribution in [0.1, 0.15) is 25.3 Å². The molecule has 0 aliphatic heterocycles. The molecule has 0 heterocycles. The van der Waals surface area contributed by atoms with E-state index in [9.17, 15) is 19.7 Å². The van der Waals surface area contributed by atoms with Crippen molar-refractivity contribution < 1.29 is 19.2 Å². The summed E-state index contributed by atoms with van der Waals surface area (Å²) in [5.41, 5.74) is 0.302. The molecule has 0 saturated heterocycles. The van der Waals surface area contributed by atoms with Gasteiger partial charge in [-0.25, -0.2) is 0 Å². The lowest BCUT2D eigenvalue weighted by molar-refractivity contribution is -0.385. The highest BCUT2D eigenvalue weighted by molar-refractivity contribution is 5.80. The van der Waals surface area contributed by atoms with Crippen LogP contribution in [0.5, 0.6) is 0 Å². The average Bonchev–Trinajstić information content (AvgIpc) is 2.58. The number of esters is 1. The Morgan fingerprint density at radius 2 is 1.85 bits per heavy atom. The minimum atomic E-state index is -0.488. The van der Waals surface area contributed by atoms with Crippen molar-refractivity contribution in [2.45, 2.75) is 26.2 Å². The van der Waals surface area contributed by atoms with E-state index in [1.165, 1.54) is 6.07 Å². The summed E-state index contributed by atoms with van der Waals surface area (Å²) in [7, 11) is 3.89. The molecule has 1 aromatic carbocycles. The van der Waals surface area contributed by atoms with E-state index in [0.717, 1.165) is 13.0 Å². The van der Waals surface area contributed by atoms with Crippen molar-refractivity contribution in [1.29, 1.82) is 0 Å². The van der Waals surface area contributed by atoms with Gasteiger partial charge in [-0.2, -0.15) is 0 Å². The number of benzene rings is 1. The maximum Gasteiger partial charge on any atom is 0.307 e. The zero-order valence-corrected chi connectivity index (χ0v) is 15.6. The highest BCUT2D eigenvalue weighted by Crippen LogP contribution is 2.19. The predicted molar refractivity (Wildman–Crippen MR) is 97.8 cm³/mol. The van der Waals surface area contributed by atoms with Gasteiger partial charge in [0.1, 0.15) is 0 Å². The van der Waals surface area contributed by atoms with E-state index in [-0.39, 0.29) is 37.0 Å². The van der Waals surface area contributed by atoms with Gasteiger partial charge in [0, 0.05) is 24.7 Å². The Hall–Kier alpha value is -2.48. The summed E-state index contributed by atoms with van der Waals surface area (Å²) < 4.78 is 4.91. The second-order valence-electron chi connectivity index (χ2n) is 6.16. The molecule has 0 atom stereocenters. The van der Waals surface area contributed by atoms with Crippen LogP contribution >= 0.6 is 0 Å². The van der Waals surface area contributed by atoms with Gasteiger partial charge >= 0.3 is 5.97 Å². The standard InChI is InChI=1S/C18H27N3O5/c1-4-26-18(23)10-13-20(12-7-11-19(2)3)17(22)14-15-8-5-6-9-16(15)21(24)25/h5-6,8-9H,4,7,10-14H2,1-3H3. The summed E-state index contributed by atoms with van der Waals surface area (Å²) in [6, 6.07) is 6.21. The molecular formula is C18H27N3O5. The molecule has 8 heteroatoms. The number of rotatable bonds is 11. The topological polar surface area (TPSA) is 93.0 Å². The van der Waals surface area contributed by atoms with Crippen LogP contribution in [0.3, 0.4) is 0 Å². The van der Waals surface area contributed by atoms with Crippen LogP contribution in [0.2, 0.25) is 0 Å². The van der Waals surface area contributed by atoms with E-state index in [2.05, 4.69) is 0 Å². The molecule has 26 heavy (non-hydrogen) atoms. The first-order valence-corrected chi connectivity index (χ1v) is 8.65. The van der Waals surface area contributed by atoms with E-state index < -0.39 is 4.92 Å². The Labute approximate surface area is 153 Å². The Bertz CT molecular complexity index is 619. The van der Waals surface area contributed by atoms with E-state index >= 15 is 0 Å². The Morgan fingerprint density at radius 3 is 2.46 bits per heavy atom. The minimum absolute atomic E-state index is 0.0675. The number of hydrogen-bond acceptors (Lipinski definition) is 6. The molecular weight excluding hydrogens is 338 g/mol. The molecule has 0 spiro atoms. The SMILES string of the molecule is CCOC(=O)CCN(CCCN(C)C)C(=O)Cc1ccccc1[N+](=O)[O-]. The van der Waals surface area contributed by atoms with E-state index in [0.29, 0.717) is 18.7 Å². The fourth-order valence-corrected chi connectivity index (χ4v) is 2.51. The van der Waals surface area contributed by atoms with Gasteiger partial charge in [-0.15, -0.1) is 0 Å². The zero-order chi connectivity index (χ0) is 19.5. The molecule has 0 radical (unpaired) electrons. The van der Waals surface area contributed by atoms with Crippen molar-refractivity contribution in [2.24, 2.45) is 0 Å². The van der Waals surface area contributed by atoms with E-state index in [1.54, 1.807) is 30.0 Å². The van der Waals surface area contributed by atoms with Gasteiger partial charge in [0.25, 0.3) is 5.69 Å². The van der Waals surface area contributed by atoms with Crippen molar-refractivity contribution in [2.75, 3.05) is 40.3 Å². The second-order valence-corrected chi connectivity index (χ2v) is 6.16. The third-order valence-electron chi connectivity index (χ3n) is 3.81. The lowest BCUT2D eigenvalue weighted by Crippen LogP contribution is -2.36. The number of carbonyl (C=O) groups excluding carboxylic acids is 2. The number of hydrogen-bond donors (Lipinski definition) is 0. The predicted octanol–water partition coefficient (Wildman–Crippen LogP) is 1.87. The van der Waals surface area contributed by atoms with Gasteiger partial charge in [0.2, 0.25) is 5.91 Å². The van der Waals surface area contributed by atoms with Gasteiger partial charge < -0.3 is 14.5 Å². The average molecular weight is 365 g/mol. The number of nitro benzene ring substituents is 1. The molecule has 1 amide bonds. The molecule has 0 bridgehead atoms. The molecule has 144 valence electrons. The maximum absolute atomic E-state index is 12.7.